The molecule has 4 aromatic rings. The Kier molecular flexibility index (Phi) is 8.61. The van der Waals surface area contributed by atoms with Crippen molar-refractivity contribution in [2.24, 2.45) is 0 Å². The lowest BCUT2D eigenvalue weighted by atomic mass is 9.96. The first-order chi connectivity index (χ1) is 17.7. The molecule has 4 rings (SSSR count). The van der Waals surface area contributed by atoms with E-state index in [1.54, 1.807) is 48.5 Å². The molecule has 0 spiro atoms. The third kappa shape index (κ3) is 6.56. The van der Waals surface area contributed by atoms with Crippen LogP contribution in [-0.2, 0) is 0 Å². The first-order valence-corrected chi connectivity index (χ1v) is 13.2. The van der Waals surface area contributed by atoms with Gasteiger partial charge in [0.2, 0.25) is 0 Å². The number of rotatable bonds is 9. The summed E-state index contributed by atoms with van der Waals surface area (Å²) in [5, 5.41) is 16.3. The summed E-state index contributed by atoms with van der Waals surface area (Å²) in [5.41, 5.74) is 4.22. The zero-order valence-corrected chi connectivity index (χ0v) is 22.6. The van der Waals surface area contributed by atoms with Gasteiger partial charge in [0.05, 0.1) is 21.3 Å². The summed E-state index contributed by atoms with van der Waals surface area (Å²) >= 11 is 13.6. The number of benzene rings is 3. The van der Waals surface area contributed by atoms with E-state index in [1.165, 1.54) is 11.3 Å². The van der Waals surface area contributed by atoms with Crippen molar-refractivity contribution < 1.29 is 14.7 Å². The Morgan fingerprint density at radius 2 is 1.65 bits per heavy atom. The van der Waals surface area contributed by atoms with Crippen LogP contribution in [0.1, 0.15) is 27.1 Å². The van der Waals surface area contributed by atoms with Crippen LogP contribution in [0, 0.1) is 0 Å². The summed E-state index contributed by atoms with van der Waals surface area (Å²) in [7, 11) is 3.98. The Bertz CT molecular complexity index is 1440. The number of nitrogens with zero attached hydrogens (tertiary/aromatic N) is 2. The molecule has 6 nitrogen and oxygen atoms in total. The maximum atomic E-state index is 12.4. The Balaban J connectivity index is 1.54. The number of carbonyl (C=O) groups is 2. The summed E-state index contributed by atoms with van der Waals surface area (Å²) in [6.45, 7) is 1.48. The van der Waals surface area contributed by atoms with E-state index < -0.39 is 5.97 Å². The molecule has 3 aromatic carbocycles. The molecule has 1 aromatic heterocycles. The number of thiazole rings is 1. The molecule has 1 amide bonds. The zero-order valence-electron chi connectivity index (χ0n) is 20.3. The fourth-order valence-electron chi connectivity index (χ4n) is 3.80. The fourth-order valence-corrected chi connectivity index (χ4v) is 4.92. The molecule has 0 bridgehead atoms. The van der Waals surface area contributed by atoms with Crippen LogP contribution in [0.5, 0.6) is 0 Å². The maximum absolute atomic E-state index is 12.4. The van der Waals surface area contributed by atoms with Gasteiger partial charge in [0.25, 0.3) is 5.91 Å². The van der Waals surface area contributed by atoms with Crippen molar-refractivity contribution in [3.05, 3.63) is 87.2 Å². The lowest BCUT2D eigenvalue weighted by Crippen LogP contribution is -2.27. The van der Waals surface area contributed by atoms with E-state index in [0.29, 0.717) is 43.9 Å². The van der Waals surface area contributed by atoms with E-state index in [1.807, 2.05) is 31.6 Å². The molecule has 0 atom stereocenters. The Hall–Kier alpha value is -3.23. The standard InChI is InChI=1S/C28H25Cl2N3O3S/c1-33(2)13-3-12-31-26(34)18-6-4-17(5-7-18)21-10-8-20(14-22(21)28(35)36)27-32-25(16-37-27)19-9-11-23(29)24(30)15-19/h4-11,14-16H,3,12-13H2,1-2H3,(H,31,34)(H,35,36). The van der Waals surface area contributed by atoms with E-state index >= 15 is 0 Å². The van der Waals surface area contributed by atoms with Crippen molar-refractivity contribution in [2.75, 3.05) is 27.2 Å². The summed E-state index contributed by atoms with van der Waals surface area (Å²) in [6, 6.07) is 17.5. The Morgan fingerprint density at radius 3 is 2.32 bits per heavy atom. The van der Waals surface area contributed by atoms with Gasteiger partial charge >= 0.3 is 5.97 Å². The summed E-state index contributed by atoms with van der Waals surface area (Å²) < 4.78 is 0. The number of carbonyl (C=O) groups excluding carboxylic acids is 1. The smallest absolute Gasteiger partial charge is 0.336 e. The molecule has 0 aliphatic rings. The molecule has 0 radical (unpaired) electrons. The summed E-state index contributed by atoms with van der Waals surface area (Å²) in [5.74, 6) is -1.19. The second kappa shape index (κ2) is 11.9. The first-order valence-electron chi connectivity index (χ1n) is 11.5. The first kappa shape index (κ1) is 26.8. The lowest BCUT2D eigenvalue weighted by molar-refractivity contribution is 0.0697. The predicted octanol–water partition coefficient (Wildman–Crippen LogP) is 6.83. The number of carboxylic acids is 1. The van der Waals surface area contributed by atoms with Gasteiger partial charge < -0.3 is 15.3 Å². The molecule has 37 heavy (non-hydrogen) atoms. The van der Waals surface area contributed by atoms with E-state index in [2.05, 4.69) is 15.2 Å². The highest BCUT2D eigenvalue weighted by atomic mass is 35.5. The highest BCUT2D eigenvalue weighted by molar-refractivity contribution is 7.13. The molecule has 190 valence electrons. The molecule has 2 N–H and O–H groups in total. The third-order valence-corrected chi connectivity index (χ3v) is 7.37. The van der Waals surface area contributed by atoms with Crippen molar-refractivity contribution >= 4 is 46.4 Å². The number of halogens is 2. The van der Waals surface area contributed by atoms with Crippen LogP contribution in [0.4, 0.5) is 0 Å². The molecule has 0 aliphatic carbocycles. The van der Waals surface area contributed by atoms with Crippen LogP contribution in [0.3, 0.4) is 0 Å². The second-order valence-electron chi connectivity index (χ2n) is 8.72. The van der Waals surface area contributed by atoms with Gasteiger partial charge in [-0.15, -0.1) is 11.3 Å². The van der Waals surface area contributed by atoms with Gasteiger partial charge in [0, 0.05) is 28.6 Å². The molecular weight excluding hydrogens is 529 g/mol. The van der Waals surface area contributed by atoms with Crippen molar-refractivity contribution in [3.8, 4) is 33.0 Å². The van der Waals surface area contributed by atoms with Crippen molar-refractivity contribution in [1.29, 1.82) is 0 Å². The number of amides is 1. The van der Waals surface area contributed by atoms with Gasteiger partial charge in [-0.05, 0) is 68.5 Å². The number of hydrogen-bond donors (Lipinski definition) is 2. The zero-order chi connectivity index (χ0) is 26.5. The topological polar surface area (TPSA) is 82.5 Å². The van der Waals surface area contributed by atoms with Crippen LogP contribution >= 0.6 is 34.5 Å². The van der Waals surface area contributed by atoms with Crippen LogP contribution in [-0.4, -0.2) is 54.1 Å². The van der Waals surface area contributed by atoms with Gasteiger partial charge in [0.15, 0.2) is 0 Å². The SMILES string of the molecule is CN(C)CCCNC(=O)c1ccc(-c2ccc(-c3nc(-c4ccc(Cl)c(Cl)c4)cs3)cc2C(=O)O)cc1. The van der Waals surface area contributed by atoms with Gasteiger partial charge in [-0.1, -0.05) is 53.5 Å². The number of aromatic nitrogens is 1. The Labute approximate surface area is 229 Å². The van der Waals surface area contributed by atoms with Crippen LogP contribution < -0.4 is 5.32 Å². The third-order valence-electron chi connectivity index (χ3n) is 5.74. The van der Waals surface area contributed by atoms with Crippen LogP contribution in [0.15, 0.2) is 66.0 Å². The number of nitrogens with one attached hydrogen (secondary N) is 1. The molecule has 0 saturated carbocycles. The quantitative estimate of drug-likeness (QED) is 0.222. The van der Waals surface area contributed by atoms with Gasteiger partial charge in [-0.25, -0.2) is 9.78 Å². The molecule has 1 heterocycles. The minimum absolute atomic E-state index is 0.152. The van der Waals surface area contributed by atoms with Crippen molar-refractivity contribution in [1.82, 2.24) is 15.2 Å². The average molecular weight is 554 g/mol. The minimum atomic E-state index is -1.04. The van der Waals surface area contributed by atoms with Gasteiger partial charge in [-0.3, -0.25) is 4.79 Å². The highest BCUT2D eigenvalue weighted by Gasteiger charge is 2.16. The highest BCUT2D eigenvalue weighted by Crippen LogP contribution is 2.34. The van der Waals surface area contributed by atoms with Gasteiger partial charge in [0.1, 0.15) is 5.01 Å². The minimum Gasteiger partial charge on any atom is -0.478 e. The molecule has 0 aliphatic heterocycles. The Morgan fingerprint density at radius 1 is 0.946 bits per heavy atom. The van der Waals surface area contributed by atoms with E-state index in [4.69, 9.17) is 23.2 Å². The number of carboxylic acid groups (broad SMARTS) is 1. The predicted molar refractivity (Wildman–Crippen MR) is 151 cm³/mol. The molecule has 9 heteroatoms. The number of aromatic carboxylic acids is 1. The van der Waals surface area contributed by atoms with Gasteiger partial charge in [-0.2, -0.15) is 0 Å². The van der Waals surface area contributed by atoms with E-state index in [-0.39, 0.29) is 11.5 Å². The molecule has 0 saturated heterocycles. The summed E-state index contributed by atoms with van der Waals surface area (Å²) in [4.78, 5) is 31.3. The fraction of sp³-hybridized carbons (Fsp3) is 0.179. The van der Waals surface area contributed by atoms with E-state index in [0.717, 1.165) is 24.2 Å². The lowest BCUT2D eigenvalue weighted by Gasteiger charge is -2.11. The molecule has 0 unspecified atom stereocenters. The normalized spacial score (nSPS) is 11.1. The second-order valence-corrected chi connectivity index (χ2v) is 10.4. The van der Waals surface area contributed by atoms with Crippen molar-refractivity contribution in [2.45, 2.75) is 6.42 Å². The van der Waals surface area contributed by atoms with Crippen molar-refractivity contribution in [3.63, 3.8) is 0 Å². The van der Waals surface area contributed by atoms with Crippen LogP contribution in [0.2, 0.25) is 10.0 Å². The monoisotopic (exact) mass is 553 g/mol. The summed E-state index contributed by atoms with van der Waals surface area (Å²) in [6.07, 6.45) is 0.860. The van der Waals surface area contributed by atoms with Crippen LogP contribution in [0.25, 0.3) is 33.0 Å². The molecule has 0 fully saturated rings. The maximum Gasteiger partial charge on any atom is 0.336 e. The largest absolute Gasteiger partial charge is 0.478 e. The molecular formula is C28H25Cl2N3O3S. The average Bonchev–Trinajstić information content (AvgIpc) is 3.38. The van der Waals surface area contributed by atoms with E-state index in [9.17, 15) is 14.7 Å². The number of hydrogen-bond acceptors (Lipinski definition) is 5.